The summed E-state index contributed by atoms with van der Waals surface area (Å²) in [5.41, 5.74) is 0.867. The molecule has 1 aromatic rings. The second-order valence-electron chi connectivity index (χ2n) is 6.55. The molecule has 0 radical (unpaired) electrons. The first kappa shape index (κ1) is 14.8. The predicted molar refractivity (Wildman–Crippen MR) is 81.7 cm³/mol. The lowest BCUT2D eigenvalue weighted by Gasteiger charge is -2.38. The summed E-state index contributed by atoms with van der Waals surface area (Å²) in [6.07, 6.45) is 6.07. The maximum absolute atomic E-state index is 13.5. The molecule has 0 aliphatic carbocycles. The molecule has 0 amide bonds. The standard InChI is InChI=1S/C17H25FN2O/c1-2-5-20(11-12-6-13(18)8-17(21)7-12)16-9-14-3-4-15(10-16)19-14/h6-8,14-16,19,21H,2-5,9-11H2,1H3. The Bertz CT molecular complexity index is 461. The molecule has 2 aliphatic heterocycles. The number of halogens is 1. The van der Waals surface area contributed by atoms with E-state index >= 15 is 0 Å². The maximum Gasteiger partial charge on any atom is 0.127 e. The summed E-state index contributed by atoms with van der Waals surface area (Å²) in [4.78, 5) is 2.47. The molecule has 2 aliphatic rings. The number of fused-ring (bicyclic) bond motifs is 2. The number of nitrogens with one attached hydrogen (secondary N) is 1. The van der Waals surface area contributed by atoms with E-state index in [2.05, 4.69) is 17.1 Å². The first-order valence-corrected chi connectivity index (χ1v) is 8.12. The van der Waals surface area contributed by atoms with Crippen LogP contribution in [0, 0.1) is 5.82 Å². The highest BCUT2D eigenvalue weighted by Crippen LogP contribution is 2.31. The fraction of sp³-hybridized carbons (Fsp3) is 0.647. The summed E-state index contributed by atoms with van der Waals surface area (Å²) >= 11 is 0. The highest BCUT2D eigenvalue weighted by molar-refractivity contribution is 5.28. The van der Waals surface area contributed by atoms with Gasteiger partial charge in [0.25, 0.3) is 0 Å². The van der Waals surface area contributed by atoms with Crippen molar-refractivity contribution in [3.63, 3.8) is 0 Å². The van der Waals surface area contributed by atoms with Gasteiger partial charge in [0.2, 0.25) is 0 Å². The van der Waals surface area contributed by atoms with E-state index in [-0.39, 0.29) is 11.6 Å². The number of hydrogen-bond acceptors (Lipinski definition) is 3. The van der Waals surface area contributed by atoms with Gasteiger partial charge in [-0.1, -0.05) is 6.92 Å². The third-order valence-electron chi connectivity index (χ3n) is 4.80. The zero-order valence-corrected chi connectivity index (χ0v) is 12.7. The third kappa shape index (κ3) is 3.55. The molecular weight excluding hydrogens is 267 g/mol. The van der Waals surface area contributed by atoms with Gasteiger partial charge >= 0.3 is 0 Å². The number of rotatable bonds is 5. The lowest BCUT2D eigenvalue weighted by atomic mass is 9.97. The molecule has 0 aromatic heterocycles. The third-order valence-corrected chi connectivity index (χ3v) is 4.80. The van der Waals surface area contributed by atoms with E-state index in [1.165, 1.54) is 37.8 Å². The molecule has 2 unspecified atom stereocenters. The van der Waals surface area contributed by atoms with Crippen molar-refractivity contribution in [3.05, 3.63) is 29.6 Å². The van der Waals surface area contributed by atoms with Crippen molar-refractivity contribution in [3.8, 4) is 5.75 Å². The summed E-state index contributed by atoms with van der Waals surface area (Å²) in [5, 5.41) is 13.2. The molecule has 116 valence electrons. The van der Waals surface area contributed by atoms with Crippen LogP contribution in [0.15, 0.2) is 18.2 Å². The number of aromatic hydroxyl groups is 1. The smallest absolute Gasteiger partial charge is 0.127 e. The van der Waals surface area contributed by atoms with Crippen LogP contribution in [0.2, 0.25) is 0 Å². The molecule has 2 bridgehead atoms. The van der Waals surface area contributed by atoms with E-state index in [9.17, 15) is 9.50 Å². The van der Waals surface area contributed by atoms with Gasteiger partial charge in [-0.15, -0.1) is 0 Å². The van der Waals surface area contributed by atoms with Crippen LogP contribution in [0.3, 0.4) is 0 Å². The number of phenols is 1. The van der Waals surface area contributed by atoms with E-state index in [0.29, 0.717) is 18.1 Å². The predicted octanol–water partition coefficient (Wildman–Crippen LogP) is 3.03. The first-order chi connectivity index (χ1) is 10.1. The fourth-order valence-electron chi connectivity index (χ4n) is 3.96. The Labute approximate surface area is 126 Å². The molecule has 0 saturated carbocycles. The van der Waals surface area contributed by atoms with Crippen LogP contribution < -0.4 is 5.32 Å². The van der Waals surface area contributed by atoms with Gasteiger partial charge < -0.3 is 10.4 Å². The fourth-order valence-corrected chi connectivity index (χ4v) is 3.96. The summed E-state index contributed by atoms with van der Waals surface area (Å²) in [6.45, 7) is 3.94. The lowest BCUT2D eigenvalue weighted by Crippen LogP contribution is -2.48. The zero-order valence-electron chi connectivity index (χ0n) is 12.7. The zero-order chi connectivity index (χ0) is 14.8. The Hall–Kier alpha value is -1.13. The van der Waals surface area contributed by atoms with Crippen molar-refractivity contribution in [2.75, 3.05) is 6.54 Å². The van der Waals surface area contributed by atoms with Crippen molar-refractivity contribution in [1.29, 1.82) is 0 Å². The average Bonchev–Trinajstić information content (AvgIpc) is 2.76. The Morgan fingerprint density at radius 3 is 2.57 bits per heavy atom. The van der Waals surface area contributed by atoms with Crippen LogP contribution in [0.25, 0.3) is 0 Å². The van der Waals surface area contributed by atoms with Crippen LogP contribution in [-0.4, -0.2) is 34.7 Å². The Kier molecular flexibility index (Phi) is 4.45. The monoisotopic (exact) mass is 292 g/mol. The average molecular weight is 292 g/mol. The second kappa shape index (κ2) is 6.32. The van der Waals surface area contributed by atoms with E-state index in [0.717, 1.165) is 25.1 Å². The van der Waals surface area contributed by atoms with Crippen molar-refractivity contribution in [2.45, 2.75) is 63.7 Å². The van der Waals surface area contributed by atoms with Gasteiger partial charge in [-0.25, -0.2) is 4.39 Å². The van der Waals surface area contributed by atoms with Crippen LogP contribution in [-0.2, 0) is 6.54 Å². The van der Waals surface area contributed by atoms with E-state index in [4.69, 9.17) is 0 Å². The van der Waals surface area contributed by atoms with Gasteiger partial charge in [0, 0.05) is 30.7 Å². The number of nitrogens with zero attached hydrogens (tertiary/aromatic N) is 1. The van der Waals surface area contributed by atoms with Gasteiger partial charge in [0.1, 0.15) is 11.6 Å². The van der Waals surface area contributed by atoms with Crippen molar-refractivity contribution < 1.29 is 9.50 Å². The highest BCUT2D eigenvalue weighted by atomic mass is 19.1. The molecule has 2 N–H and O–H groups in total. The number of benzene rings is 1. The van der Waals surface area contributed by atoms with Gasteiger partial charge in [-0.05, 0) is 56.3 Å². The minimum absolute atomic E-state index is 0.0202. The number of phenolic OH excluding ortho intramolecular Hbond substituents is 1. The molecule has 2 fully saturated rings. The molecular formula is C17H25FN2O. The van der Waals surface area contributed by atoms with Crippen LogP contribution in [0.5, 0.6) is 5.75 Å². The Morgan fingerprint density at radius 2 is 1.95 bits per heavy atom. The van der Waals surface area contributed by atoms with E-state index in [1.807, 2.05) is 0 Å². The van der Waals surface area contributed by atoms with Crippen molar-refractivity contribution in [2.24, 2.45) is 0 Å². The number of hydrogen-bond donors (Lipinski definition) is 2. The minimum Gasteiger partial charge on any atom is -0.508 e. The quantitative estimate of drug-likeness (QED) is 0.875. The molecule has 0 spiro atoms. The molecule has 2 saturated heterocycles. The molecule has 2 heterocycles. The molecule has 1 aromatic carbocycles. The van der Waals surface area contributed by atoms with Gasteiger partial charge in [0.15, 0.2) is 0 Å². The minimum atomic E-state index is -0.355. The summed E-state index contributed by atoms with van der Waals surface area (Å²) in [6, 6.07) is 6.29. The summed E-state index contributed by atoms with van der Waals surface area (Å²) < 4.78 is 13.5. The van der Waals surface area contributed by atoms with Gasteiger partial charge in [-0.2, -0.15) is 0 Å². The number of piperidine rings is 1. The molecule has 3 rings (SSSR count). The molecule has 21 heavy (non-hydrogen) atoms. The molecule has 3 nitrogen and oxygen atoms in total. The Balaban J connectivity index is 1.72. The normalized spacial score (nSPS) is 28.2. The largest absolute Gasteiger partial charge is 0.508 e. The van der Waals surface area contributed by atoms with Gasteiger partial charge in [0.05, 0.1) is 0 Å². The van der Waals surface area contributed by atoms with Crippen molar-refractivity contribution in [1.82, 2.24) is 10.2 Å². The molecule has 4 heteroatoms. The van der Waals surface area contributed by atoms with Crippen LogP contribution in [0.1, 0.15) is 44.6 Å². The van der Waals surface area contributed by atoms with E-state index < -0.39 is 0 Å². The Morgan fingerprint density at radius 1 is 1.24 bits per heavy atom. The van der Waals surface area contributed by atoms with Gasteiger partial charge in [-0.3, -0.25) is 4.90 Å². The van der Waals surface area contributed by atoms with Crippen LogP contribution >= 0.6 is 0 Å². The lowest BCUT2D eigenvalue weighted by molar-refractivity contribution is 0.133. The first-order valence-electron chi connectivity index (χ1n) is 8.12. The summed E-state index contributed by atoms with van der Waals surface area (Å²) in [5.74, 6) is -0.335. The highest BCUT2D eigenvalue weighted by Gasteiger charge is 2.35. The molecule has 2 atom stereocenters. The van der Waals surface area contributed by atoms with E-state index in [1.54, 1.807) is 6.07 Å². The topological polar surface area (TPSA) is 35.5 Å². The van der Waals surface area contributed by atoms with Crippen LogP contribution in [0.4, 0.5) is 4.39 Å². The SMILES string of the molecule is CCCN(Cc1cc(O)cc(F)c1)C1CC2CCC(C1)N2. The van der Waals surface area contributed by atoms with Crippen molar-refractivity contribution >= 4 is 0 Å². The summed E-state index contributed by atoms with van der Waals surface area (Å²) in [7, 11) is 0. The maximum atomic E-state index is 13.5. The second-order valence-corrected chi connectivity index (χ2v) is 6.55.